The lowest BCUT2D eigenvalue weighted by Crippen LogP contribution is -2.36. The first kappa shape index (κ1) is 40.1. The van der Waals surface area contributed by atoms with Gasteiger partial charge in [-0.05, 0) is 51.4 Å². The summed E-state index contributed by atoms with van der Waals surface area (Å²) in [5.41, 5.74) is 0. The van der Waals surface area contributed by atoms with Gasteiger partial charge in [-0.2, -0.15) is 0 Å². The van der Waals surface area contributed by atoms with Crippen LogP contribution >= 0.6 is 0 Å². The van der Waals surface area contributed by atoms with Gasteiger partial charge in [0.1, 0.15) is 5.78 Å². The van der Waals surface area contributed by atoms with Crippen molar-refractivity contribution in [2.24, 2.45) is 5.92 Å². The molecule has 242 valence electrons. The van der Waals surface area contributed by atoms with Crippen LogP contribution in [0.4, 0.5) is 0 Å². The molecule has 0 aromatic heterocycles. The Hall–Kier alpha value is -1.94. The minimum Gasteiger partial charge on any atom is -0.395 e. The zero-order valence-corrected chi connectivity index (χ0v) is 27.6. The van der Waals surface area contributed by atoms with E-state index < -0.39 is 5.92 Å². The zero-order chi connectivity index (χ0) is 30.8. The van der Waals surface area contributed by atoms with Crippen LogP contribution in [0.5, 0.6) is 0 Å². The Morgan fingerprint density at radius 1 is 0.571 bits per heavy atom. The minimum atomic E-state index is -0.611. The molecule has 2 N–H and O–H groups in total. The van der Waals surface area contributed by atoms with E-state index in [1.165, 1.54) is 96.3 Å². The van der Waals surface area contributed by atoms with Gasteiger partial charge in [-0.3, -0.25) is 9.59 Å². The number of rotatable bonds is 31. The highest BCUT2D eigenvalue weighted by Crippen LogP contribution is 2.16. The molecule has 0 fully saturated rings. The van der Waals surface area contributed by atoms with Crippen LogP contribution in [0.3, 0.4) is 0 Å². The summed E-state index contributed by atoms with van der Waals surface area (Å²) in [5.74, 6) is -0.802. The number of ketones is 1. The molecule has 0 aromatic rings. The molecule has 0 aliphatic rings. The minimum absolute atomic E-state index is 0.0457. The summed E-state index contributed by atoms with van der Waals surface area (Å²) in [6, 6.07) is 0. The third kappa shape index (κ3) is 28.2. The third-order valence-electron chi connectivity index (χ3n) is 7.72. The summed E-state index contributed by atoms with van der Waals surface area (Å²) in [4.78, 5) is 25.5. The van der Waals surface area contributed by atoms with E-state index in [1.54, 1.807) is 0 Å². The van der Waals surface area contributed by atoms with Crippen molar-refractivity contribution in [1.29, 1.82) is 0 Å². The molecule has 0 heterocycles. The maximum Gasteiger partial charge on any atom is 0.230 e. The highest BCUT2D eigenvalue weighted by molar-refractivity contribution is 6.01. The van der Waals surface area contributed by atoms with Gasteiger partial charge in [-0.25, -0.2) is 0 Å². The molecule has 0 aromatic carbocycles. The summed E-state index contributed by atoms with van der Waals surface area (Å²) >= 11 is 0. The van der Waals surface area contributed by atoms with E-state index in [-0.39, 0.29) is 24.8 Å². The van der Waals surface area contributed by atoms with E-state index in [1.807, 2.05) is 0 Å². The number of nitrogens with one attached hydrogen (secondary N) is 1. The van der Waals surface area contributed by atoms with Crippen molar-refractivity contribution in [3.8, 4) is 0 Å². The number of unbranched alkanes of at least 4 members (excludes halogenated alkanes) is 15. The molecule has 0 spiro atoms. The van der Waals surface area contributed by atoms with Crippen molar-refractivity contribution in [2.75, 3.05) is 13.2 Å². The topological polar surface area (TPSA) is 66.4 Å². The first-order valence-corrected chi connectivity index (χ1v) is 17.7. The van der Waals surface area contributed by atoms with Gasteiger partial charge in [-0.1, -0.05) is 152 Å². The monoisotopic (exact) mass is 586 g/mol. The summed E-state index contributed by atoms with van der Waals surface area (Å²) in [7, 11) is 0. The average molecular weight is 586 g/mol. The zero-order valence-electron chi connectivity index (χ0n) is 27.6. The molecule has 0 bridgehead atoms. The molecule has 4 heteroatoms. The van der Waals surface area contributed by atoms with Crippen LogP contribution < -0.4 is 5.32 Å². The van der Waals surface area contributed by atoms with Crippen molar-refractivity contribution < 1.29 is 14.7 Å². The Labute approximate surface area is 260 Å². The molecule has 0 rings (SSSR count). The lowest BCUT2D eigenvalue weighted by atomic mass is 9.93. The lowest BCUT2D eigenvalue weighted by Gasteiger charge is -2.15. The number of hydrogen-bond donors (Lipinski definition) is 2. The Kier molecular flexibility index (Phi) is 32.0. The summed E-state index contributed by atoms with van der Waals surface area (Å²) in [5, 5.41) is 11.8. The van der Waals surface area contributed by atoms with Crippen LogP contribution in [-0.2, 0) is 9.59 Å². The van der Waals surface area contributed by atoms with Crippen molar-refractivity contribution in [1.82, 2.24) is 5.32 Å². The number of allylic oxidation sites excluding steroid dienone is 8. The molecule has 1 atom stereocenters. The first-order valence-electron chi connectivity index (χ1n) is 17.7. The number of amides is 1. The van der Waals surface area contributed by atoms with E-state index >= 15 is 0 Å². The quantitative estimate of drug-likeness (QED) is 0.0483. The Morgan fingerprint density at radius 3 is 1.50 bits per heavy atom. The predicted molar refractivity (Wildman–Crippen MR) is 183 cm³/mol. The van der Waals surface area contributed by atoms with Gasteiger partial charge in [0.2, 0.25) is 5.91 Å². The van der Waals surface area contributed by atoms with E-state index in [2.05, 4.69) is 67.8 Å². The molecule has 0 radical (unpaired) electrons. The fourth-order valence-electron chi connectivity index (χ4n) is 5.06. The van der Waals surface area contributed by atoms with Gasteiger partial charge >= 0.3 is 0 Å². The number of hydrogen-bond acceptors (Lipinski definition) is 3. The SMILES string of the molecule is CCCCC/C=C\C/C=C\C/C=C\C/C=C\CCC(C(=O)CCCCCCCCCCCCCCC)C(=O)NCCO. The second-order valence-corrected chi connectivity index (χ2v) is 11.7. The second kappa shape index (κ2) is 33.6. The van der Waals surface area contributed by atoms with Gasteiger partial charge < -0.3 is 10.4 Å². The Balaban J connectivity index is 4.09. The normalized spacial score (nSPS) is 12.8. The second-order valence-electron chi connectivity index (χ2n) is 11.7. The molecular weight excluding hydrogens is 518 g/mol. The van der Waals surface area contributed by atoms with Crippen molar-refractivity contribution >= 4 is 11.7 Å². The molecule has 0 saturated carbocycles. The standard InChI is InChI=1S/C38H67NO3/c1-3-5-7-9-11-13-15-17-18-19-21-22-24-26-28-30-32-36(38(42)39-34-35-40)37(41)33-31-29-27-25-23-20-16-14-12-10-8-6-4-2/h11,13,17-18,21-22,26,28,36,40H,3-10,12,14-16,19-20,23-25,27,29-35H2,1-2H3,(H,39,42)/b13-11-,18-17-,22-21-,28-26-. The molecule has 1 unspecified atom stereocenters. The maximum absolute atomic E-state index is 12.9. The molecule has 0 aliphatic carbocycles. The number of aliphatic hydroxyl groups is 1. The number of Topliss-reactive ketones (excluding diaryl/α,β-unsaturated/α-hetero) is 1. The van der Waals surface area contributed by atoms with Crippen LogP contribution in [-0.4, -0.2) is 29.9 Å². The average Bonchev–Trinajstić information content (AvgIpc) is 2.99. The maximum atomic E-state index is 12.9. The van der Waals surface area contributed by atoms with Crippen molar-refractivity contribution in [2.45, 2.75) is 162 Å². The summed E-state index contributed by atoms with van der Waals surface area (Å²) in [6.45, 7) is 4.59. The van der Waals surface area contributed by atoms with Crippen LogP contribution in [0.2, 0.25) is 0 Å². The van der Waals surface area contributed by atoms with Gasteiger partial charge in [0.15, 0.2) is 0 Å². The van der Waals surface area contributed by atoms with Crippen molar-refractivity contribution in [3.63, 3.8) is 0 Å². The lowest BCUT2D eigenvalue weighted by molar-refractivity contribution is -0.134. The fourth-order valence-corrected chi connectivity index (χ4v) is 5.06. The number of carbonyl (C=O) groups is 2. The van der Waals surface area contributed by atoms with Crippen LogP contribution in [0, 0.1) is 5.92 Å². The van der Waals surface area contributed by atoms with Gasteiger partial charge in [-0.15, -0.1) is 0 Å². The van der Waals surface area contributed by atoms with Gasteiger partial charge in [0, 0.05) is 13.0 Å². The molecule has 0 aliphatic heterocycles. The molecular formula is C38H67NO3. The molecule has 4 nitrogen and oxygen atoms in total. The predicted octanol–water partition coefficient (Wildman–Crippen LogP) is 10.5. The highest BCUT2D eigenvalue weighted by Gasteiger charge is 2.24. The van der Waals surface area contributed by atoms with Crippen molar-refractivity contribution in [3.05, 3.63) is 48.6 Å². The van der Waals surface area contributed by atoms with Crippen LogP contribution in [0.1, 0.15) is 162 Å². The third-order valence-corrected chi connectivity index (χ3v) is 7.72. The van der Waals surface area contributed by atoms with E-state index in [0.29, 0.717) is 19.3 Å². The molecule has 1 amide bonds. The smallest absolute Gasteiger partial charge is 0.230 e. The summed E-state index contributed by atoms with van der Waals surface area (Å²) in [6.07, 6.45) is 43.6. The first-order chi connectivity index (χ1) is 20.7. The van der Waals surface area contributed by atoms with Crippen LogP contribution in [0.15, 0.2) is 48.6 Å². The fraction of sp³-hybridized carbons (Fsp3) is 0.737. The largest absolute Gasteiger partial charge is 0.395 e. The van der Waals surface area contributed by atoms with E-state index in [0.717, 1.165) is 32.1 Å². The number of aliphatic hydroxyl groups excluding tert-OH is 1. The highest BCUT2D eigenvalue weighted by atomic mass is 16.3. The molecule has 0 saturated heterocycles. The van der Waals surface area contributed by atoms with E-state index in [4.69, 9.17) is 5.11 Å². The van der Waals surface area contributed by atoms with Gasteiger partial charge in [0.25, 0.3) is 0 Å². The summed E-state index contributed by atoms with van der Waals surface area (Å²) < 4.78 is 0. The Bertz CT molecular complexity index is 722. The van der Waals surface area contributed by atoms with Crippen LogP contribution in [0.25, 0.3) is 0 Å². The van der Waals surface area contributed by atoms with E-state index in [9.17, 15) is 9.59 Å². The Morgan fingerprint density at radius 2 is 1.00 bits per heavy atom. The molecule has 42 heavy (non-hydrogen) atoms. The number of carbonyl (C=O) groups excluding carboxylic acids is 2. The van der Waals surface area contributed by atoms with Gasteiger partial charge in [0.05, 0.1) is 12.5 Å².